The van der Waals surface area contributed by atoms with Gasteiger partial charge in [-0.25, -0.2) is 0 Å². The highest BCUT2D eigenvalue weighted by Crippen LogP contribution is 1.97. The minimum Gasteiger partial charge on any atom is -0.395 e. The molecule has 0 aromatic heterocycles. The number of likely N-dealkylation sites (N-methyl/N-ethyl adjacent to an activating group) is 1. The maximum atomic E-state index is 11.9. The average Bonchev–Trinajstić information content (AvgIpc) is 2.33. The second-order valence-corrected chi connectivity index (χ2v) is 4.91. The molecule has 0 aromatic rings. The molecule has 0 aliphatic carbocycles. The molecule has 0 bridgehead atoms. The lowest BCUT2D eigenvalue weighted by Gasteiger charge is -2.24. The summed E-state index contributed by atoms with van der Waals surface area (Å²) in [5.74, 6) is 0.0378. The maximum Gasteiger partial charge on any atom is 0.236 e. The van der Waals surface area contributed by atoms with Crippen LogP contribution >= 0.6 is 12.2 Å². The van der Waals surface area contributed by atoms with Gasteiger partial charge in [0.1, 0.15) is 0 Å². The van der Waals surface area contributed by atoms with Gasteiger partial charge in [-0.05, 0) is 13.0 Å². The van der Waals surface area contributed by atoms with Crippen molar-refractivity contribution >= 4 is 23.1 Å². The third kappa shape index (κ3) is 8.38. The first-order valence-electron chi connectivity index (χ1n) is 6.36. The van der Waals surface area contributed by atoms with Crippen molar-refractivity contribution in [2.75, 3.05) is 39.8 Å². The molecule has 0 heterocycles. The van der Waals surface area contributed by atoms with Crippen molar-refractivity contribution in [3.05, 3.63) is 0 Å². The molecule has 0 saturated heterocycles. The van der Waals surface area contributed by atoms with Gasteiger partial charge in [-0.3, -0.25) is 9.69 Å². The molecule has 0 radical (unpaired) electrons. The fourth-order valence-electron chi connectivity index (χ4n) is 1.51. The van der Waals surface area contributed by atoms with Crippen molar-refractivity contribution in [3.8, 4) is 0 Å². The number of nitrogens with two attached hydrogens (primary N) is 1. The number of hydrogen-bond acceptors (Lipinski definition) is 4. The number of rotatable bonds is 10. The Morgan fingerprint density at radius 1 is 1.33 bits per heavy atom. The van der Waals surface area contributed by atoms with Gasteiger partial charge in [0.25, 0.3) is 0 Å². The quantitative estimate of drug-likeness (QED) is 0.558. The number of carbonyl (C=O) groups is 1. The van der Waals surface area contributed by atoms with Gasteiger partial charge in [-0.2, -0.15) is 0 Å². The van der Waals surface area contributed by atoms with Gasteiger partial charge in [0.15, 0.2) is 0 Å². The Morgan fingerprint density at radius 2 is 2.00 bits per heavy atom. The van der Waals surface area contributed by atoms with E-state index in [-0.39, 0.29) is 12.5 Å². The average molecular weight is 275 g/mol. The van der Waals surface area contributed by atoms with Gasteiger partial charge >= 0.3 is 0 Å². The van der Waals surface area contributed by atoms with E-state index in [1.165, 1.54) is 0 Å². The Hall–Kier alpha value is -0.720. The molecule has 0 aliphatic rings. The second-order valence-electron chi connectivity index (χ2n) is 4.38. The zero-order valence-corrected chi connectivity index (χ0v) is 12.2. The van der Waals surface area contributed by atoms with Crippen LogP contribution in [0.1, 0.15) is 26.2 Å². The molecule has 0 unspecified atom stereocenters. The van der Waals surface area contributed by atoms with Crippen molar-refractivity contribution in [1.82, 2.24) is 9.80 Å². The molecule has 3 N–H and O–H groups in total. The number of nitrogens with zero attached hydrogens (tertiary/aromatic N) is 2. The fourth-order valence-corrected chi connectivity index (χ4v) is 1.60. The van der Waals surface area contributed by atoms with Crippen LogP contribution in [0.3, 0.4) is 0 Å². The van der Waals surface area contributed by atoms with E-state index in [4.69, 9.17) is 23.1 Å². The third-order valence-corrected chi connectivity index (χ3v) is 2.93. The summed E-state index contributed by atoms with van der Waals surface area (Å²) >= 11 is 4.78. The van der Waals surface area contributed by atoms with Crippen molar-refractivity contribution in [1.29, 1.82) is 0 Å². The monoisotopic (exact) mass is 275 g/mol. The van der Waals surface area contributed by atoms with Gasteiger partial charge in [-0.1, -0.05) is 25.6 Å². The lowest BCUT2D eigenvalue weighted by atomic mass is 10.3. The topological polar surface area (TPSA) is 69.8 Å². The lowest BCUT2D eigenvalue weighted by molar-refractivity contribution is -0.131. The molecule has 5 nitrogen and oxygen atoms in total. The van der Waals surface area contributed by atoms with Crippen molar-refractivity contribution in [2.45, 2.75) is 26.2 Å². The first-order chi connectivity index (χ1) is 8.51. The Labute approximate surface area is 115 Å². The minimum absolute atomic E-state index is 0.0378. The summed E-state index contributed by atoms with van der Waals surface area (Å²) in [6.45, 7) is 4.45. The number of amides is 1. The summed E-state index contributed by atoms with van der Waals surface area (Å²) in [7, 11) is 1.75. The van der Waals surface area contributed by atoms with Gasteiger partial charge in [0.2, 0.25) is 5.91 Å². The summed E-state index contributed by atoms with van der Waals surface area (Å²) in [4.78, 5) is 16.0. The van der Waals surface area contributed by atoms with Crippen LogP contribution in [0.5, 0.6) is 0 Å². The maximum absolute atomic E-state index is 11.9. The number of carbonyl (C=O) groups excluding carboxylic acids is 1. The summed E-state index contributed by atoms with van der Waals surface area (Å²) < 4.78 is 0. The van der Waals surface area contributed by atoms with Crippen LogP contribution in [0.25, 0.3) is 0 Å². The summed E-state index contributed by atoms with van der Waals surface area (Å²) in [5, 5.41) is 8.96. The molecule has 18 heavy (non-hydrogen) atoms. The van der Waals surface area contributed by atoms with Gasteiger partial charge in [0, 0.05) is 26.6 Å². The number of hydrogen-bond donors (Lipinski definition) is 2. The first-order valence-corrected chi connectivity index (χ1v) is 6.77. The number of unbranched alkanes of at least 4 members (excludes halogenated alkanes) is 1. The van der Waals surface area contributed by atoms with E-state index in [0.29, 0.717) is 31.0 Å². The van der Waals surface area contributed by atoms with Crippen LogP contribution in [-0.2, 0) is 4.79 Å². The van der Waals surface area contributed by atoms with Crippen molar-refractivity contribution < 1.29 is 9.90 Å². The molecular formula is C12H25N3O2S. The molecule has 0 aromatic carbocycles. The van der Waals surface area contributed by atoms with Crippen LogP contribution in [0.15, 0.2) is 0 Å². The number of aliphatic hydroxyl groups is 1. The van der Waals surface area contributed by atoms with Crippen molar-refractivity contribution in [2.24, 2.45) is 5.73 Å². The Bertz CT molecular complexity index is 262. The fraction of sp³-hybridized carbons (Fsp3) is 0.833. The summed E-state index contributed by atoms with van der Waals surface area (Å²) in [6.07, 6.45) is 2.66. The van der Waals surface area contributed by atoms with Crippen LogP contribution in [-0.4, -0.2) is 65.6 Å². The predicted molar refractivity (Wildman–Crippen MR) is 77.5 cm³/mol. The van der Waals surface area contributed by atoms with Crippen LogP contribution in [0.4, 0.5) is 0 Å². The summed E-state index contributed by atoms with van der Waals surface area (Å²) in [5.41, 5.74) is 5.41. The molecule has 0 rings (SSSR count). The van der Waals surface area contributed by atoms with E-state index >= 15 is 0 Å². The minimum atomic E-state index is 0.0378. The van der Waals surface area contributed by atoms with E-state index in [2.05, 4.69) is 6.92 Å². The highest BCUT2D eigenvalue weighted by atomic mass is 32.1. The van der Waals surface area contributed by atoms with E-state index < -0.39 is 0 Å². The number of aliphatic hydroxyl groups excluding tert-OH is 1. The van der Waals surface area contributed by atoms with Gasteiger partial charge < -0.3 is 15.7 Å². The molecule has 6 heteroatoms. The molecule has 0 spiro atoms. The molecule has 0 atom stereocenters. The van der Waals surface area contributed by atoms with E-state index in [1.54, 1.807) is 11.9 Å². The van der Waals surface area contributed by atoms with E-state index in [0.717, 1.165) is 19.4 Å². The number of thiocarbonyl (C=S) groups is 1. The highest BCUT2D eigenvalue weighted by Gasteiger charge is 2.13. The van der Waals surface area contributed by atoms with Gasteiger partial charge in [0.05, 0.1) is 18.1 Å². The van der Waals surface area contributed by atoms with Crippen molar-refractivity contribution in [3.63, 3.8) is 0 Å². The molecule has 106 valence electrons. The predicted octanol–water partition coefficient (Wildman–Crippen LogP) is 0.215. The smallest absolute Gasteiger partial charge is 0.236 e. The SMILES string of the molecule is CCCCN(CCO)CC(=O)N(C)CCC(N)=S. The Kier molecular flexibility index (Phi) is 9.82. The Morgan fingerprint density at radius 3 is 2.50 bits per heavy atom. The van der Waals surface area contributed by atoms with Crippen LogP contribution in [0.2, 0.25) is 0 Å². The molecule has 0 fully saturated rings. The van der Waals surface area contributed by atoms with Gasteiger partial charge in [-0.15, -0.1) is 0 Å². The Balaban J connectivity index is 4.09. The largest absolute Gasteiger partial charge is 0.395 e. The van der Waals surface area contributed by atoms with Crippen LogP contribution < -0.4 is 5.73 Å². The third-order valence-electron chi connectivity index (χ3n) is 2.72. The first kappa shape index (κ1) is 17.3. The normalized spacial score (nSPS) is 10.7. The molecule has 0 aliphatic heterocycles. The summed E-state index contributed by atoms with van der Waals surface area (Å²) in [6, 6.07) is 0. The highest BCUT2D eigenvalue weighted by molar-refractivity contribution is 7.80. The zero-order valence-electron chi connectivity index (χ0n) is 11.4. The molecule has 0 saturated carbocycles. The van der Waals surface area contributed by atoms with Crippen LogP contribution in [0, 0.1) is 0 Å². The van der Waals surface area contributed by atoms with E-state index in [9.17, 15) is 4.79 Å². The lowest BCUT2D eigenvalue weighted by Crippen LogP contribution is -2.40. The molecular weight excluding hydrogens is 250 g/mol. The second kappa shape index (κ2) is 10.2. The standard InChI is InChI=1S/C12H25N3O2S/c1-3-4-6-15(8-9-16)10-12(17)14(2)7-5-11(13)18/h16H,3-10H2,1-2H3,(H2,13,18). The zero-order chi connectivity index (χ0) is 14.0. The van der Waals surface area contributed by atoms with E-state index in [1.807, 2.05) is 4.90 Å². The molecule has 1 amide bonds.